The third-order valence-electron chi connectivity index (χ3n) is 4.82. The van der Waals surface area contributed by atoms with Crippen LogP contribution in [0.3, 0.4) is 0 Å². The molecule has 8 heteroatoms. The predicted molar refractivity (Wildman–Crippen MR) is 136 cm³/mol. The number of hydrogen-bond acceptors (Lipinski definition) is 6. The molecule has 0 bridgehead atoms. The molecule has 0 aliphatic rings. The molecule has 0 spiro atoms. The Morgan fingerprint density at radius 3 is 2.64 bits per heavy atom. The van der Waals surface area contributed by atoms with E-state index in [4.69, 9.17) is 17.0 Å². The molecule has 3 N–H and O–H groups in total. The van der Waals surface area contributed by atoms with E-state index in [9.17, 15) is 4.79 Å². The predicted octanol–water partition coefficient (Wildman–Crippen LogP) is 5.35. The Hall–Kier alpha value is -3.39. The Morgan fingerprint density at radius 2 is 1.85 bits per heavy atom. The summed E-state index contributed by atoms with van der Waals surface area (Å²) in [5.41, 5.74) is 4.08. The van der Waals surface area contributed by atoms with E-state index in [1.807, 2.05) is 48.5 Å². The van der Waals surface area contributed by atoms with Gasteiger partial charge in [0.05, 0.1) is 24.1 Å². The fourth-order valence-electron chi connectivity index (χ4n) is 3.16. The van der Waals surface area contributed by atoms with E-state index in [-0.39, 0.29) is 5.56 Å². The van der Waals surface area contributed by atoms with Crippen LogP contribution in [-0.4, -0.2) is 21.8 Å². The van der Waals surface area contributed by atoms with Gasteiger partial charge in [0.1, 0.15) is 0 Å². The first-order valence-corrected chi connectivity index (χ1v) is 11.5. The second-order valence-corrected chi connectivity index (χ2v) is 8.71. The van der Waals surface area contributed by atoms with Crippen molar-refractivity contribution in [3.63, 3.8) is 0 Å². The number of halogens is 1. The van der Waals surface area contributed by atoms with Gasteiger partial charge in [0, 0.05) is 40.6 Å². The molecule has 0 aliphatic carbocycles. The molecule has 0 fully saturated rings. The van der Waals surface area contributed by atoms with Crippen LogP contribution in [0.1, 0.15) is 11.1 Å². The molecule has 0 saturated heterocycles. The van der Waals surface area contributed by atoms with Gasteiger partial charge in [-0.25, -0.2) is 0 Å². The summed E-state index contributed by atoms with van der Waals surface area (Å²) >= 11 is 7.42. The van der Waals surface area contributed by atoms with Gasteiger partial charge >= 0.3 is 0 Å². The molecule has 0 radical (unpaired) electrons. The van der Waals surface area contributed by atoms with E-state index in [1.54, 1.807) is 47.4 Å². The Kier molecular flexibility index (Phi) is 7.57. The van der Waals surface area contributed by atoms with Crippen LogP contribution in [0.4, 0.5) is 11.4 Å². The molecular formula is C25H22ClN5OS. The minimum atomic E-state index is -0.0172. The fraction of sp³-hybridized carbons (Fsp3) is 0.0800. The maximum absolute atomic E-state index is 11.9. The molecule has 2 aromatic carbocycles. The largest absolute Gasteiger partial charge is 0.354 e. The Bertz CT molecular complexity index is 1310. The van der Waals surface area contributed by atoms with E-state index >= 15 is 0 Å². The van der Waals surface area contributed by atoms with E-state index in [0.717, 1.165) is 27.4 Å². The van der Waals surface area contributed by atoms with Crippen molar-refractivity contribution in [3.8, 4) is 0 Å². The second-order valence-electron chi connectivity index (χ2n) is 7.31. The van der Waals surface area contributed by atoms with Gasteiger partial charge in [0.2, 0.25) is 0 Å². The van der Waals surface area contributed by atoms with E-state index in [2.05, 4.69) is 15.0 Å². The smallest absolute Gasteiger partial charge is 0.250 e. The van der Waals surface area contributed by atoms with Gasteiger partial charge in [0.15, 0.2) is 0 Å². The lowest BCUT2D eigenvalue weighted by Gasteiger charge is -2.10. The highest BCUT2D eigenvalue weighted by atomic mass is 35.5. The number of pyridine rings is 2. The molecule has 33 heavy (non-hydrogen) atoms. The van der Waals surface area contributed by atoms with Crippen molar-refractivity contribution in [2.45, 2.75) is 11.4 Å². The lowest BCUT2D eigenvalue weighted by Crippen LogP contribution is -2.18. The highest BCUT2D eigenvalue weighted by Gasteiger charge is 2.04. The topological polar surface area (TPSA) is 82.8 Å². The lowest BCUT2D eigenvalue weighted by molar-refractivity contribution is 0.759. The van der Waals surface area contributed by atoms with Crippen LogP contribution in [0.5, 0.6) is 0 Å². The molecule has 6 nitrogen and oxygen atoms in total. The number of aromatic nitrogens is 2. The number of nitrogens with one attached hydrogen (secondary N) is 3. The van der Waals surface area contributed by atoms with Crippen LogP contribution in [0, 0.1) is 5.41 Å². The summed E-state index contributed by atoms with van der Waals surface area (Å²) in [6.45, 7) is 0.929. The molecular weight excluding hydrogens is 454 g/mol. The third kappa shape index (κ3) is 6.55. The normalized spacial score (nSPS) is 10.7. The summed E-state index contributed by atoms with van der Waals surface area (Å²) in [4.78, 5) is 17.1. The first kappa shape index (κ1) is 22.8. The van der Waals surface area contributed by atoms with Gasteiger partial charge in [-0.1, -0.05) is 41.9 Å². The van der Waals surface area contributed by atoms with Gasteiger partial charge in [-0.2, -0.15) is 0 Å². The fourth-order valence-corrected chi connectivity index (χ4v) is 4.03. The average Bonchev–Trinajstić information content (AvgIpc) is 2.82. The van der Waals surface area contributed by atoms with Gasteiger partial charge in [0.25, 0.3) is 5.56 Å². The Morgan fingerprint density at radius 1 is 1.00 bits per heavy atom. The van der Waals surface area contributed by atoms with Gasteiger partial charge in [-0.3, -0.25) is 14.5 Å². The molecule has 0 unspecified atom stereocenters. The van der Waals surface area contributed by atoms with Crippen molar-refractivity contribution in [2.75, 3.05) is 11.9 Å². The molecule has 0 atom stereocenters. The van der Waals surface area contributed by atoms with Crippen molar-refractivity contribution in [3.05, 3.63) is 118 Å². The molecule has 2 heterocycles. The third-order valence-corrected chi connectivity index (χ3v) is 5.80. The molecule has 166 valence electrons. The molecule has 0 aliphatic heterocycles. The minimum absolute atomic E-state index is 0.0172. The zero-order valence-electron chi connectivity index (χ0n) is 17.7. The SMILES string of the molecule is N=C(CNSc1cncc(Nc2ccc(Cn3ccccc3=O)cc2)c1)c1cccc(Cl)c1. The second kappa shape index (κ2) is 11.0. The molecule has 0 amide bonds. The zero-order chi connectivity index (χ0) is 23.0. The number of hydrogen-bond donors (Lipinski definition) is 3. The Labute approximate surface area is 201 Å². The van der Waals surface area contributed by atoms with Crippen molar-refractivity contribution >= 4 is 40.6 Å². The summed E-state index contributed by atoms with van der Waals surface area (Å²) in [5, 5.41) is 12.2. The van der Waals surface area contributed by atoms with Gasteiger partial charge in [-0.15, -0.1) is 0 Å². The summed E-state index contributed by atoms with van der Waals surface area (Å²) < 4.78 is 4.87. The van der Waals surface area contributed by atoms with Crippen molar-refractivity contribution < 1.29 is 0 Å². The summed E-state index contributed by atoms with van der Waals surface area (Å²) in [6, 6.07) is 22.4. The first-order valence-electron chi connectivity index (χ1n) is 10.3. The van der Waals surface area contributed by atoms with Crippen molar-refractivity contribution in [2.24, 2.45) is 0 Å². The Balaban J connectivity index is 1.32. The van der Waals surface area contributed by atoms with Crippen LogP contribution in [0.2, 0.25) is 5.02 Å². The maximum Gasteiger partial charge on any atom is 0.250 e. The number of anilines is 2. The van der Waals surface area contributed by atoms with Crippen LogP contribution >= 0.6 is 23.5 Å². The van der Waals surface area contributed by atoms with Crippen LogP contribution in [0.15, 0.2) is 101 Å². The average molecular weight is 476 g/mol. The van der Waals surface area contributed by atoms with Gasteiger partial charge in [-0.05, 0) is 59.5 Å². The van der Waals surface area contributed by atoms with Crippen LogP contribution in [0.25, 0.3) is 0 Å². The minimum Gasteiger partial charge on any atom is -0.354 e. The highest BCUT2D eigenvalue weighted by Crippen LogP contribution is 2.22. The summed E-state index contributed by atoms with van der Waals surface area (Å²) in [5.74, 6) is 0. The van der Waals surface area contributed by atoms with E-state index in [1.165, 1.54) is 11.9 Å². The highest BCUT2D eigenvalue weighted by molar-refractivity contribution is 7.97. The van der Waals surface area contributed by atoms with Crippen LogP contribution in [-0.2, 0) is 6.54 Å². The summed E-state index contributed by atoms with van der Waals surface area (Å²) in [6.07, 6.45) is 5.32. The monoisotopic (exact) mass is 475 g/mol. The van der Waals surface area contributed by atoms with E-state index < -0.39 is 0 Å². The molecule has 0 saturated carbocycles. The number of nitrogens with zero attached hydrogens (tertiary/aromatic N) is 2. The molecule has 4 aromatic rings. The zero-order valence-corrected chi connectivity index (χ0v) is 19.2. The van der Waals surface area contributed by atoms with E-state index in [0.29, 0.717) is 23.8 Å². The standard InChI is InChI=1S/C25H22ClN5OS/c26-20-5-3-4-19(12-20)24(27)16-29-33-23-13-22(14-28-15-23)30-21-9-7-18(8-10-21)17-31-11-2-1-6-25(31)32/h1-15,27,29-30H,16-17H2. The van der Waals surface area contributed by atoms with Crippen molar-refractivity contribution in [1.29, 1.82) is 5.41 Å². The number of rotatable bonds is 9. The molecule has 4 rings (SSSR count). The quantitative estimate of drug-likeness (QED) is 0.224. The maximum atomic E-state index is 11.9. The van der Waals surface area contributed by atoms with Crippen LogP contribution < -0.4 is 15.6 Å². The molecule has 2 aromatic heterocycles. The summed E-state index contributed by atoms with van der Waals surface area (Å²) in [7, 11) is 0. The van der Waals surface area contributed by atoms with Crippen molar-refractivity contribution in [1.82, 2.24) is 14.3 Å². The lowest BCUT2D eigenvalue weighted by atomic mass is 10.1. The number of benzene rings is 2. The first-order chi connectivity index (χ1) is 16.1. The van der Waals surface area contributed by atoms with Gasteiger partial charge < -0.3 is 15.3 Å².